The van der Waals surface area contributed by atoms with Crippen molar-refractivity contribution >= 4 is 17.8 Å². The Morgan fingerprint density at radius 2 is 1.93 bits per heavy atom. The average Bonchev–Trinajstić information content (AvgIpc) is 3.24. The van der Waals surface area contributed by atoms with Gasteiger partial charge in [0.05, 0.1) is 17.4 Å². The molecule has 2 amide bonds. The van der Waals surface area contributed by atoms with Gasteiger partial charge in [-0.2, -0.15) is 0 Å². The Morgan fingerprint density at radius 1 is 1.19 bits per heavy atom. The first kappa shape index (κ1) is 18.2. The van der Waals surface area contributed by atoms with Gasteiger partial charge in [-0.05, 0) is 63.9 Å². The van der Waals surface area contributed by atoms with Crippen molar-refractivity contribution in [3.05, 3.63) is 35.9 Å². The Bertz CT molecular complexity index is 763. The summed E-state index contributed by atoms with van der Waals surface area (Å²) < 4.78 is 5.83. The van der Waals surface area contributed by atoms with Crippen molar-refractivity contribution in [3.8, 4) is 0 Å². The molecule has 5 unspecified atom stereocenters. The predicted octanol–water partition coefficient (Wildman–Crippen LogP) is 1.85. The molecule has 2 saturated carbocycles. The molecule has 1 heterocycles. The van der Waals surface area contributed by atoms with E-state index in [0.29, 0.717) is 12.0 Å². The molecular formula is C21H26N2O4. The largest absolute Gasteiger partial charge is 0.458 e. The van der Waals surface area contributed by atoms with Crippen LogP contribution in [-0.4, -0.2) is 49.4 Å². The van der Waals surface area contributed by atoms with E-state index >= 15 is 0 Å². The maximum Gasteiger partial charge on any atom is 0.338 e. The van der Waals surface area contributed by atoms with Gasteiger partial charge >= 0.3 is 5.97 Å². The standard InChI is InChI=1S/C21H26N2O4/c1-23(2)10-6-9-21-11-14(16-17(21)19(25)22-18(16)24)15(12-21)27-20(26)13-7-4-3-5-8-13/h3-5,7-8,14-17H,6,9-12H2,1-2H3,(H,22,24,25). The summed E-state index contributed by atoms with van der Waals surface area (Å²) in [6.07, 6.45) is 3.01. The molecule has 0 radical (unpaired) electrons. The molecule has 0 aromatic heterocycles. The number of hydrogen-bond acceptors (Lipinski definition) is 5. The molecule has 4 rings (SSSR count). The van der Waals surface area contributed by atoms with Gasteiger partial charge in [0.2, 0.25) is 11.8 Å². The minimum absolute atomic E-state index is 0.0616. The Balaban J connectivity index is 1.54. The lowest BCUT2D eigenvalue weighted by Gasteiger charge is -2.36. The molecule has 2 bridgehead atoms. The van der Waals surface area contributed by atoms with E-state index in [1.807, 2.05) is 20.2 Å². The molecule has 1 saturated heterocycles. The van der Waals surface area contributed by atoms with Crippen LogP contribution >= 0.6 is 0 Å². The lowest BCUT2D eigenvalue weighted by Crippen LogP contribution is -2.40. The third-order valence-electron chi connectivity index (χ3n) is 6.59. The first-order chi connectivity index (χ1) is 12.9. The molecular weight excluding hydrogens is 344 g/mol. The highest BCUT2D eigenvalue weighted by Crippen LogP contribution is 2.64. The molecule has 5 atom stereocenters. The first-order valence-electron chi connectivity index (χ1n) is 9.67. The van der Waals surface area contributed by atoms with Crippen LogP contribution in [0.25, 0.3) is 0 Å². The molecule has 6 heteroatoms. The number of nitrogens with zero attached hydrogens (tertiary/aromatic N) is 1. The van der Waals surface area contributed by atoms with Gasteiger partial charge in [0.1, 0.15) is 6.10 Å². The molecule has 6 nitrogen and oxygen atoms in total. The maximum atomic E-state index is 12.5. The number of imide groups is 1. The summed E-state index contributed by atoms with van der Waals surface area (Å²) in [5.74, 6) is -1.34. The van der Waals surface area contributed by atoms with Crippen molar-refractivity contribution < 1.29 is 19.1 Å². The fourth-order valence-corrected chi connectivity index (χ4v) is 5.56. The quantitative estimate of drug-likeness (QED) is 0.611. The zero-order valence-corrected chi connectivity index (χ0v) is 15.8. The fraction of sp³-hybridized carbons (Fsp3) is 0.571. The van der Waals surface area contributed by atoms with Crippen LogP contribution < -0.4 is 5.32 Å². The van der Waals surface area contributed by atoms with E-state index < -0.39 is 0 Å². The number of fused-ring (bicyclic) bond motifs is 5. The van der Waals surface area contributed by atoms with Gasteiger partial charge in [-0.25, -0.2) is 4.79 Å². The smallest absolute Gasteiger partial charge is 0.338 e. The summed E-state index contributed by atoms with van der Waals surface area (Å²) in [5.41, 5.74) is 0.286. The van der Waals surface area contributed by atoms with Crippen molar-refractivity contribution in [3.63, 3.8) is 0 Å². The molecule has 3 fully saturated rings. The van der Waals surface area contributed by atoms with E-state index in [-0.39, 0.29) is 47.1 Å². The molecule has 2 aliphatic carbocycles. The normalized spacial score (nSPS) is 34.0. The summed E-state index contributed by atoms with van der Waals surface area (Å²) in [5, 5.41) is 2.52. The summed E-state index contributed by atoms with van der Waals surface area (Å²) in [6.45, 7) is 0.938. The van der Waals surface area contributed by atoms with Crippen LogP contribution in [0.5, 0.6) is 0 Å². The minimum Gasteiger partial charge on any atom is -0.458 e. The number of ether oxygens (including phenoxy) is 1. The molecule has 3 aliphatic rings. The highest BCUT2D eigenvalue weighted by atomic mass is 16.5. The van der Waals surface area contributed by atoms with Gasteiger partial charge in [0.15, 0.2) is 0 Å². The molecule has 1 aromatic rings. The molecule has 1 aromatic carbocycles. The van der Waals surface area contributed by atoms with E-state index in [1.54, 1.807) is 24.3 Å². The molecule has 1 aliphatic heterocycles. The Kier molecular flexibility index (Phi) is 4.54. The molecule has 144 valence electrons. The SMILES string of the molecule is CN(C)CCCC12CC(OC(=O)c3ccccc3)C(C1)C1C(=O)NC(=O)C12. The Morgan fingerprint density at radius 3 is 2.63 bits per heavy atom. The summed E-state index contributed by atoms with van der Waals surface area (Å²) in [6, 6.07) is 8.93. The van der Waals surface area contributed by atoms with Gasteiger partial charge in [0, 0.05) is 5.92 Å². The monoisotopic (exact) mass is 370 g/mol. The maximum absolute atomic E-state index is 12.5. The van der Waals surface area contributed by atoms with Crippen LogP contribution in [0.2, 0.25) is 0 Å². The van der Waals surface area contributed by atoms with Crippen LogP contribution in [0, 0.1) is 23.2 Å². The Labute approximate surface area is 159 Å². The summed E-state index contributed by atoms with van der Waals surface area (Å²) in [4.78, 5) is 39.5. The first-order valence-corrected chi connectivity index (χ1v) is 9.67. The minimum atomic E-state index is -0.349. The lowest BCUT2D eigenvalue weighted by atomic mass is 9.68. The van der Waals surface area contributed by atoms with E-state index in [2.05, 4.69) is 10.2 Å². The summed E-state index contributed by atoms with van der Waals surface area (Å²) in [7, 11) is 4.06. The van der Waals surface area contributed by atoms with E-state index in [1.165, 1.54) is 0 Å². The van der Waals surface area contributed by atoms with Gasteiger partial charge < -0.3 is 9.64 Å². The molecule has 27 heavy (non-hydrogen) atoms. The Hall–Kier alpha value is -2.21. The number of benzene rings is 1. The number of rotatable bonds is 6. The number of nitrogens with one attached hydrogen (secondary N) is 1. The van der Waals surface area contributed by atoms with Crippen molar-refractivity contribution in [2.24, 2.45) is 23.2 Å². The summed E-state index contributed by atoms with van der Waals surface area (Å²) >= 11 is 0. The highest BCUT2D eigenvalue weighted by Gasteiger charge is 2.69. The highest BCUT2D eigenvalue weighted by molar-refractivity contribution is 6.06. The van der Waals surface area contributed by atoms with Gasteiger partial charge in [-0.1, -0.05) is 18.2 Å². The second-order valence-corrected chi connectivity index (χ2v) is 8.51. The van der Waals surface area contributed by atoms with E-state index in [0.717, 1.165) is 25.8 Å². The lowest BCUT2D eigenvalue weighted by molar-refractivity contribution is -0.127. The zero-order valence-electron chi connectivity index (χ0n) is 15.8. The van der Waals surface area contributed by atoms with E-state index in [4.69, 9.17) is 4.74 Å². The predicted molar refractivity (Wildman–Crippen MR) is 98.7 cm³/mol. The average molecular weight is 370 g/mol. The van der Waals surface area contributed by atoms with Crippen LogP contribution in [-0.2, 0) is 14.3 Å². The number of carbonyl (C=O) groups excluding carboxylic acids is 3. The zero-order chi connectivity index (χ0) is 19.2. The third-order valence-corrected chi connectivity index (χ3v) is 6.59. The molecule has 0 spiro atoms. The number of esters is 1. The van der Waals surface area contributed by atoms with Crippen LogP contribution in [0.3, 0.4) is 0 Å². The van der Waals surface area contributed by atoms with Crippen molar-refractivity contribution in [2.75, 3.05) is 20.6 Å². The van der Waals surface area contributed by atoms with Crippen molar-refractivity contribution in [1.82, 2.24) is 10.2 Å². The third kappa shape index (κ3) is 3.06. The van der Waals surface area contributed by atoms with Crippen LogP contribution in [0.4, 0.5) is 0 Å². The van der Waals surface area contributed by atoms with Crippen molar-refractivity contribution in [2.45, 2.75) is 31.8 Å². The van der Waals surface area contributed by atoms with Gasteiger partial charge in [0.25, 0.3) is 0 Å². The second-order valence-electron chi connectivity index (χ2n) is 8.51. The van der Waals surface area contributed by atoms with Crippen molar-refractivity contribution in [1.29, 1.82) is 0 Å². The van der Waals surface area contributed by atoms with E-state index in [9.17, 15) is 14.4 Å². The number of carbonyl (C=O) groups is 3. The van der Waals surface area contributed by atoms with Gasteiger partial charge in [-0.15, -0.1) is 0 Å². The topological polar surface area (TPSA) is 75.7 Å². The fourth-order valence-electron chi connectivity index (χ4n) is 5.56. The molecule has 1 N–H and O–H groups in total. The number of amides is 2. The van der Waals surface area contributed by atoms with Crippen LogP contribution in [0.15, 0.2) is 30.3 Å². The van der Waals surface area contributed by atoms with Crippen LogP contribution in [0.1, 0.15) is 36.0 Å². The second kappa shape index (κ2) is 6.75. The van der Waals surface area contributed by atoms with Gasteiger partial charge in [-0.3, -0.25) is 14.9 Å². The number of hydrogen-bond donors (Lipinski definition) is 1.